The van der Waals surface area contributed by atoms with Crippen molar-refractivity contribution >= 4 is 24.2 Å². The summed E-state index contributed by atoms with van der Waals surface area (Å²) >= 11 is 0. The second kappa shape index (κ2) is 6.00. The van der Waals surface area contributed by atoms with Crippen molar-refractivity contribution in [3.05, 3.63) is 48.5 Å². The maximum absolute atomic E-state index is 12.1. The van der Waals surface area contributed by atoms with Gasteiger partial charge < -0.3 is 14.6 Å². The van der Waals surface area contributed by atoms with Crippen LogP contribution in [0, 0.1) is 0 Å². The van der Waals surface area contributed by atoms with Crippen LogP contribution >= 0.6 is 0 Å². The standard InChI is InChI=1S/C17H20BN3O3/c1-16(2)17(3,4)24-18(23-16)12-5-7-13(8-6-12)21-15(22)14-11-19-9-10-20-14/h5-11H,1-4H3,(H,21,22). The van der Waals surface area contributed by atoms with Crippen molar-refractivity contribution in [3.63, 3.8) is 0 Å². The average molecular weight is 325 g/mol. The fraction of sp³-hybridized carbons (Fsp3) is 0.353. The molecule has 6 nitrogen and oxygen atoms in total. The molecule has 0 radical (unpaired) electrons. The van der Waals surface area contributed by atoms with Crippen LogP contribution in [0.15, 0.2) is 42.9 Å². The third-order valence-electron chi connectivity index (χ3n) is 4.49. The third-order valence-corrected chi connectivity index (χ3v) is 4.49. The average Bonchev–Trinajstić information content (AvgIpc) is 2.77. The van der Waals surface area contributed by atoms with Crippen LogP contribution in [-0.4, -0.2) is 34.2 Å². The Balaban J connectivity index is 1.70. The number of rotatable bonds is 3. The number of hydrogen-bond acceptors (Lipinski definition) is 5. The fourth-order valence-corrected chi connectivity index (χ4v) is 2.31. The SMILES string of the molecule is CC1(C)OB(c2ccc(NC(=O)c3cnccn3)cc2)OC1(C)C. The van der Waals surface area contributed by atoms with Crippen molar-refractivity contribution in [3.8, 4) is 0 Å². The summed E-state index contributed by atoms with van der Waals surface area (Å²) in [5, 5.41) is 2.79. The summed E-state index contributed by atoms with van der Waals surface area (Å²) in [5.74, 6) is -0.300. The lowest BCUT2D eigenvalue weighted by Crippen LogP contribution is -2.41. The number of aromatic nitrogens is 2. The molecule has 0 atom stereocenters. The number of anilines is 1. The maximum atomic E-state index is 12.1. The van der Waals surface area contributed by atoms with Crippen molar-refractivity contribution in [1.82, 2.24) is 9.97 Å². The van der Waals surface area contributed by atoms with E-state index in [1.165, 1.54) is 18.6 Å². The lowest BCUT2D eigenvalue weighted by Gasteiger charge is -2.32. The summed E-state index contributed by atoms with van der Waals surface area (Å²) in [6, 6.07) is 7.39. The Bertz CT molecular complexity index is 717. The van der Waals surface area contributed by atoms with Gasteiger partial charge in [0.05, 0.1) is 17.4 Å². The Hall–Kier alpha value is -2.25. The number of benzene rings is 1. The highest BCUT2D eigenvalue weighted by atomic mass is 16.7. The fourth-order valence-electron chi connectivity index (χ4n) is 2.31. The number of nitrogens with zero attached hydrogens (tertiary/aromatic N) is 2. The molecule has 3 rings (SSSR count). The van der Waals surface area contributed by atoms with Gasteiger partial charge in [0.2, 0.25) is 0 Å². The van der Waals surface area contributed by atoms with Gasteiger partial charge in [0, 0.05) is 18.1 Å². The molecule has 0 aliphatic carbocycles. The number of carbonyl (C=O) groups is 1. The minimum Gasteiger partial charge on any atom is -0.399 e. The second-order valence-corrected chi connectivity index (χ2v) is 6.76. The molecule has 1 N–H and O–H groups in total. The van der Waals surface area contributed by atoms with Crippen LogP contribution in [0.1, 0.15) is 38.2 Å². The molecular weight excluding hydrogens is 305 g/mol. The van der Waals surface area contributed by atoms with E-state index >= 15 is 0 Å². The molecule has 1 fully saturated rings. The van der Waals surface area contributed by atoms with Crippen molar-refractivity contribution in [2.24, 2.45) is 0 Å². The summed E-state index contributed by atoms with van der Waals surface area (Å²) in [6.07, 6.45) is 4.43. The van der Waals surface area contributed by atoms with Gasteiger partial charge in [-0.3, -0.25) is 9.78 Å². The molecule has 7 heteroatoms. The van der Waals surface area contributed by atoms with Gasteiger partial charge in [-0.2, -0.15) is 0 Å². The molecule has 1 aliphatic rings. The van der Waals surface area contributed by atoms with E-state index in [1.807, 2.05) is 52.0 Å². The Kier molecular flexibility index (Phi) is 4.15. The zero-order valence-electron chi connectivity index (χ0n) is 14.2. The number of hydrogen-bond donors (Lipinski definition) is 1. The Morgan fingerprint density at radius 2 is 1.67 bits per heavy atom. The Morgan fingerprint density at radius 1 is 1.04 bits per heavy atom. The molecule has 24 heavy (non-hydrogen) atoms. The molecule has 0 unspecified atom stereocenters. The molecule has 1 amide bonds. The van der Waals surface area contributed by atoms with Crippen molar-refractivity contribution < 1.29 is 14.1 Å². The molecule has 0 spiro atoms. The third kappa shape index (κ3) is 3.18. The van der Waals surface area contributed by atoms with Crippen LogP contribution in [0.5, 0.6) is 0 Å². The lowest BCUT2D eigenvalue weighted by atomic mass is 9.79. The first-order valence-electron chi connectivity index (χ1n) is 7.81. The van der Waals surface area contributed by atoms with Crippen molar-refractivity contribution in [1.29, 1.82) is 0 Å². The second-order valence-electron chi connectivity index (χ2n) is 6.76. The predicted molar refractivity (Wildman–Crippen MR) is 92.1 cm³/mol. The first-order chi connectivity index (χ1) is 11.3. The van der Waals surface area contributed by atoms with Crippen LogP contribution in [0.25, 0.3) is 0 Å². The van der Waals surface area contributed by atoms with E-state index in [2.05, 4.69) is 15.3 Å². The number of nitrogens with one attached hydrogen (secondary N) is 1. The van der Waals surface area contributed by atoms with Gasteiger partial charge in [0.25, 0.3) is 5.91 Å². The zero-order chi connectivity index (χ0) is 17.4. The monoisotopic (exact) mass is 325 g/mol. The van der Waals surface area contributed by atoms with Crippen LogP contribution in [0.4, 0.5) is 5.69 Å². The highest BCUT2D eigenvalue weighted by molar-refractivity contribution is 6.62. The molecule has 0 bridgehead atoms. The van der Waals surface area contributed by atoms with E-state index in [0.29, 0.717) is 5.69 Å². The van der Waals surface area contributed by atoms with Gasteiger partial charge >= 0.3 is 7.12 Å². The first kappa shape index (κ1) is 16.6. The zero-order valence-corrected chi connectivity index (χ0v) is 14.2. The van der Waals surface area contributed by atoms with Crippen molar-refractivity contribution in [2.45, 2.75) is 38.9 Å². The summed E-state index contributed by atoms with van der Waals surface area (Å²) in [5.41, 5.74) is 1.09. The van der Waals surface area contributed by atoms with Crippen LogP contribution < -0.4 is 10.8 Å². The molecule has 1 saturated heterocycles. The number of amides is 1. The van der Waals surface area contributed by atoms with Gasteiger partial charge in [-0.25, -0.2) is 4.98 Å². The molecule has 1 aromatic heterocycles. The molecule has 2 heterocycles. The van der Waals surface area contributed by atoms with E-state index in [1.54, 1.807) is 0 Å². The largest absolute Gasteiger partial charge is 0.494 e. The highest BCUT2D eigenvalue weighted by Gasteiger charge is 2.51. The van der Waals surface area contributed by atoms with Crippen molar-refractivity contribution in [2.75, 3.05) is 5.32 Å². The molecule has 0 saturated carbocycles. The van der Waals surface area contributed by atoms with E-state index in [0.717, 1.165) is 5.46 Å². The minimum absolute atomic E-state index is 0.271. The maximum Gasteiger partial charge on any atom is 0.494 e. The smallest absolute Gasteiger partial charge is 0.399 e. The van der Waals surface area contributed by atoms with Crippen LogP contribution in [0.3, 0.4) is 0 Å². The van der Waals surface area contributed by atoms with E-state index in [4.69, 9.17) is 9.31 Å². The Morgan fingerprint density at radius 3 is 2.21 bits per heavy atom. The van der Waals surface area contributed by atoms with Crippen LogP contribution in [0.2, 0.25) is 0 Å². The Labute approximate surface area is 141 Å². The van der Waals surface area contributed by atoms with E-state index in [-0.39, 0.29) is 22.8 Å². The summed E-state index contributed by atoms with van der Waals surface area (Å²) in [7, 11) is -0.417. The van der Waals surface area contributed by atoms with Gasteiger partial charge in [-0.1, -0.05) is 12.1 Å². The quantitative estimate of drug-likeness (QED) is 0.874. The van der Waals surface area contributed by atoms with Gasteiger partial charge in [0.15, 0.2) is 0 Å². The van der Waals surface area contributed by atoms with Crippen LogP contribution in [-0.2, 0) is 9.31 Å². The predicted octanol–water partition coefficient (Wildman–Crippen LogP) is 2.03. The summed E-state index contributed by atoms with van der Waals surface area (Å²) < 4.78 is 12.0. The molecule has 2 aromatic rings. The normalized spacial score (nSPS) is 18.4. The number of carbonyl (C=O) groups excluding carboxylic acids is 1. The lowest BCUT2D eigenvalue weighted by molar-refractivity contribution is 0.00578. The van der Waals surface area contributed by atoms with E-state index < -0.39 is 7.12 Å². The summed E-state index contributed by atoms with van der Waals surface area (Å²) in [4.78, 5) is 19.9. The molecule has 1 aliphatic heterocycles. The van der Waals surface area contributed by atoms with Gasteiger partial charge in [-0.15, -0.1) is 0 Å². The minimum atomic E-state index is -0.417. The molecule has 1 aromatic carbocycles. The summed E-state index contributed by atoms with van der Waals surface area (Å²) in [6.45, 7) is 8.07. The van der Waals surface area contributed by atoms with Gasteiger partial charge in [-0.05, 0) is 45.3 Å². The first-order valence-corrected chi connectivity index (χ1v) is 7.81. The highest BCUT2D eigenvalue weighted by Crippen LogP contribution is 2.36. The molecular formula is C17H20BN3O3. The topological polar surface area (TPSA) is 73.3 Å². The molecule has 124 valence electrons. The van der Waals surface area contributed by atoms with E-state index in [9.17, 15) is 4.79 Å². The van der Waals surface area contributed by atoms with Gasteiger partial charge in [0.1, 0.15) is 5.69 Å².